The number of hydrogen-bond acceptors (Lipinski definition) is 2. The van der Waals surface area contributed by atoms with Crippen LogP contribution in [-0.2, 0) is 0 Å². The van der Waals surface area contributed by atoms with Crippen LogP contribution in [0.3, 0.4) is 0 Å². The zero-order chi connectivity index (χ0) is 11.2. The lowest BCUT2D eigenvalue weighted by Crippen LogP contribution is -2.20. The standard InChI is InChI=1S/C9H18N2/c1-3-4-5-8-11(2)9-6-7-10/h3-6,8-9H2,1-2H3/i6D2,9D. The summed E-state index contributed by atoms with van der Waals surface area (Å²) in [5.74, 6) is 0. The molecule has 0 aliphatic rings. The molecule has 0 aromatic heterocycles. The molecule has 0 radical (unpaired) electrons. The Morgan fingerprint density at radius 3 is 2.82 bits per heavy atom. The molecule has 64 valence electrons. The second-order valence-corrected chi connectivity index (χ2v) is 2.57. The number of rotatable bonds is 6. The third kappa shape index (κ3) is 7.35. The topological polar surface area (TPSA) is 27.0 Å². The van der Waals surface area contributed by atoms with E-state index in [1.54, 1.807) is 11.9 Å². The lowest BCUT2D eigenvalue weighted by molar-refractivity contribution is 0.333. The Kier molecular flexibility index (Phi) is 4.14. The van der Waals surface area contributed by atoms with E-state index in [4.69, 9.17) is 9.37 Å². The van der Waals surface area contributed by atoms with Crippen LogP contribution in [0.1, 0.15) is 36.7 Å². The third-order valence-corrected chi connectivity index (χ3v) is 1.46. The molecule has 11 heavy (non-hydrogen) atoms. The first-order chi connectivity index (χ1) is 6.45. The molecule has 0 bridgehead atoms. The van der Waals surface area contributed by atoms with E-state index in [-0.39, 0.29) is 0 Å². The van der Waals surface area contributed by atoms with Crippen molar-refractivity contribution in [3.05, 3.63) is 0 Å². The normalized spacial score (nSPS) is 18.2. The third-order valence-electron chi connectivity index (χ3n) is 1.46. The van der Waals surface area contributed by atoms with Crippen LogP contribution >= 0.6 is 0 Å². The maximum absolute atomic E-state index is 8.51. The van der Waals surface area contributed by atoms with Gasteiger partial charge in [-0.2, -0.15) is 5.26 Å². The first kappa shape index (κ1) is 6.02. The van der Waals surface area contributed by atoms with E-state index in [2.05, 4.69) is 6.92 Å². The minimum absolute atomic E-state index is 0.670. The molecule has 0 saturated heterocycles. The van der Waals surface area contributed by atoms with E-state index in [1.165, 1.54) is 6.07 Å². The highest BCUT2D eigenvalue weighted by Gasteiger charge is 1.95. The fraction of sp³-hybridized carbons (Fsp3) is 0.889. The Balaban J connectivity index is 4.00. The molecule has 0 aliphatic carbocycles. The zero-order valence-electron chi connectivity index (χ0n) is 10.3. The molecule has 0 aromatic rings. The maximum atomic E-state index is 8.51. The van der Waals surface area contributed by atoms with E-state index in [0.29, 0.717) is 6.54 Å². The van der Waals surface area contributed by atoms with Crippen molar-refractivity contribution in [3.8, 4) is 6.07 Å². The minimum Gasteiger partial charge on any atom is -0.305 e. The number of nitriles is 1. The van der Waals surface area contributed by atoms with Gasteiger partial charge in [0.2, 0.25) is 0 Å². The Bertz CT molecular complexity index is 201. The molecule has 2 heteroatoms. The Morgan fingerprint density at radius 2 is 2.27 bits per heavy atom. The van der Waals surface area contributed by atoms with Crippen LogP contribution in [0.4, 0.5) is 0 Å². The van der Waals surface area contributed by atoms with Crippen molar-refractivity contribution in [3.63, 3.8) is 0 Å². The Hall–Kier alpha value is -0.550. The van der Waals surface area contributed by atoms with Gasteiger partial charge in [-0.1, -0.05) is 19.8 Å². The van der Waals surface area contributed by atoms with Crippen LogP contribution in [0.5, 0.6) is 0 Å². The van der Waals surface area contributed by atoms with E-state index < -0.39 is 12.9 Å². The molecule has 0 fully saturated rings. The van der Waals surface area contributed by atoms with E-state index in [1.807, 2.05) is 0 Å². The van der Waals surface area contributed by atoms with E-state index in [9.17, 15) is 0 Å². The molecule has 0 amide bonds. The van der Waals surface area contributed by atoms with Crippen molar-refractivity contribution in [1.29, 1.82) is 5.26 Å². The molecule has 2 nitrogen and oxygen atoms in total. The van der Waals surface area contributed by atoms with Gasteiger partial charge in [0.1, 0.15) is 0 Å². The second kappa shape index (κ2) is 7.56. The lowest BCUT2D eigenvalue weighted by atomic mass is 10.2. The molecule has 0 saturated carbocycles. The summed E-state index contributed by atoms with van der Waals surface area (Å²) in [6.07, 6.45) is 1.04. The average Bonchev–Trinajstić information content (AvgIpc) is 2.17. The molecule has 0 rings (SSSR count). The van der Waals surface area contributed by atoms with Gasteiger partial charge < -0.3 is 4.90 Å². The second-order valence-electron chi connectivity index (χ2n) is 2.57. The molecular weight excluding hydrogens is 136 g/mol. The smallest absolute Gasteiger partial charge is 0.0635 e. The molecule has 0 spiro atoms. The van der Waals surface area contributed by atoms with Crippen LogP contribution in [0, 0.1) is 11.3 Å². The average molecular weight is 157 g/mol. The molecule has 1 unspecified atom stereocenters. The number of nitrogens with zero attached hydrogens (tertiary/aromatic N) is 2. The summed E-state index contributed by atoms with van der Waals surface area (Å²) >= 11 is 0. The van der Waals surface area contributed by atoms with Crippen molar-refractivity contribution in [2.45, 2.75) is 32.6 Å². The quantitative estimate of drug-likeness (QED) is 0.551. The largest absolute Gasteiger partial charge is 0.305 e. The van der Waals surface area contributed by atoms with Crippen LogP contribution in [-0.4, -0.2) is 25.0 Å². The van der Waals surface area contributed by atoms with Gasteiger partial charge in [-0.25, -0.2) is 0 Å². The summed E-state index contributed by atoms with van der Waals surface area (Å²) in [5.41, 5.74) is 0. The predicted octanol–water partition coefficient (Wildman–Crippen LogP) is 2.02. The minimum atomic E-state index is -2.08. The molecule has 0 N–H and O–H groups in total. The summed E-state index contributed by atoms with van der Waals surface area (Å²) in [6, 6.07) is 1.52. The van der Waals surface area contributed by atoms with Gasteiger partial charge in [0.25, 0.3) is 0 Å². The summed E-state index contributed by atoms with van der Waals surface area (Å²) in [7, 11) is 1.68. The van der Waals surface area contributed by atoms with Crippen molar-refractivity contribution in [1.82, 2.24) is 4.90 Å². The SMILES string of the molecule is [2H]C(N(C)CCCCC)C([2H])([2H])C#N. The highest BCUT2D eigenvalue weighted by molar-refractivity contribution is 4.70. The van der Waals surface area contributed by atoms with Crippen molar-refractivity contribution >= 4 is 0 Å². The number of unbranched alkanes of at least 4 members (excludes halogenated alkanes) is 2. The van der Waals surface area contributed by atoms with Gasteiger partial charge in [-0.15, -0.1) is 0 Å². The number of hydrogen-bond donors (Lipinski definition) is 0. The predicted molar refractivity (Wildman–Crippen MR) is 47.3 cm³/mol. The van der Waals surface area contributed by atoms with Gasteiger partial charge in [0.05, 0.1) is 6.07 Å². The fourth-order valence-electron chi connectivity index (χ4n) is 0.815. The molecular formula is C9H18N2. The summed E-state index contributed by atoms with van der Waals surface area (Å²) in [5, 5.41) is 8.51. The Morgan fingerprint density at radius 1 is 1.55 bits per heavy atom. The zero-order valence-corrected chi connectivity index (χ0v) is 7.30. The van der Waals surface area contributed by atoms with Crippen LogP contribution < -0.4 is 0 Å². The highest BCUT2D eigenvalue weighted by Crippen LogP contribution is 1.96. The van der Waals surface area contributed by atoms with Gasteiger partial charge in [0, 0.05) is 17.0 Å². The maximum Gasteiger partial charge on any atom is 0.0635 e. The molecule has 1 atom stereocenters. The summed E-state index contributed by atoms with van der Waals surface area (Å²) < 4.78 is 22.1. The van der Waals surface area contributed by atoms with Crippen LogP contribution in [0.15, 0.2) is 0 Å². The monoisotopic (exact) mass is 157 g/mol. The van der Waals surface area contributed by atoms with Crippen molar-refractivity contribution < 1.29 is 4.11 Å². The van der Waals surface area contributed by atoms with Crippen molar-refractivity contribution in [2.24, 2.45) is 0 Å². The van der Waals surface area contributed by atoms with Gasteiger partial charge in [-0.3, -0.25) is 0 Å². The van der Waals surface area contributed by atoms with Gasteiger partial charge in [0.15, 0.2) is 0 Å². The highest BCUT2D eigenvalue weighted by atomic mass is 15.1. The molecule has 0 aliphatic heterocycles. The van der Waals surface area contributed by atoms with Crippen LogP contribution in [0.2, 0.25) is 0 Å². The Labute approximate surface area is 74.0 Å². The van der Waals surface area contributed by atoms with Gasteiger partial charge in [-0.05, 0) is 20.0 Å². The first-order valence-corrected chi connectivity index (χ1v) is 3.99. The summed E-state index contributed by atoms with van der Waals surface area (Å²) in [6.45, 7) is 1.67. The lowest BCUT2D eigenvalue weighted by Gasteiger charge is -2.13. The summed E-state index contributed by atoms with van der Waals surface area (Å²) in [4.78, 5) is 1.58. The fourth-order valence-corrected chi connectivity index (χ4v) is 0.815. The van der Waals surface area contributed by atoms with Crippen molar-refractivity contribution in [2.75, 3.05) is 20.1 Å². The van der Waals surface area contributed by atoms with Crippen LogP contribution in [0.25, 0.3) is 0 Å². The van der Waals surface area contributed by atoms with E-state index >= 15 is 0 Å². The molecule has 0 aromatic carbocycles. The first-order valence-electron chi connectivity index (χ1n) is 5.57. The molecule has 0 heterocycles. The van der Waals surface area contributed by atoms with E-state index in [0.717, 1.165) is 19.3 Å². The van der Waals surface area contributed by atoms with Gasteiger partial charge >= 0.3 is 0 Å².